The predicted octanol–water partition coefficient (Wildman–Crippen LogP) is 3.79. The van der Waals surface area contributed by atoms with Crippen molar-refractivity contribution >= 4 is 17.5 Å². The van der Waals surface area contributed by atoms with E-state index in [9.17, 15) is 9.59 Å². The van der Waals surface area contributed by atoms with Gasteiger partial charge in [-0.1, -0.05) is 24.3 Å². The Morgan fingerprint density at radius 3 is 2.74 bits per heavy atom. The van der Waals surface area contributed by atoms with E-state index in [1.54, 1.807) is 11.1 Å². The van der Waals surface area contributed by atoms with Crippen molar-refractivity contribution < 1.29 is 9.59 Å². The molecule has 2 aromatic carbocycles. The van der Waals surface area contributed by atoms with Gasteiger partial charge in [-0.2, -0.15) is 10.2 Å². The van der Waals surface area contributed by atoms with Gasteiger partial charge in [0.1, 0.15) is 6.04 Å². The molecule has 160 valence electrons. The van der Waals surface area contributed by atoms with Crippen molar-refractivity contribution in [3.8, 4) is 11.1 Å². The Labute approximate surface area is 182 Å². The lowest BCUT2D eigenvalue weighted by Gasteiger charge is -2.32. The fourth-order valence-corrected chi connectivity index (χ4v) is 4.00. The predicted molar refractivity (Wildman–Crippen MR) is 121 cm³/mol. The molecule has 2 amide bonds. The van der Waals surface area contributed by atoms with Crippen LogP contribution < -0.4 is 10.2 Å². The highest BCUT2D eigenvalue weighted by atomic mass is 16.2. The van der Waals surface area contributed by atoms with Gasteiger partial charge in [0.25, 0.3) is 11.8 Å². The number of rotatable bonds is 7. The molecule has 2 aliphatic rings. The number of benzene rings is 2. The molecule has 2 aliphatic heterocycles. The molecule has 0 fully saturated rings. The van der Waals surface area contributed by atoms with Crippen LogP contribution >= 0.6 is 0 Å². The average molecular weight is 418 g/mol. The van der Waals surface area contributed by atoms with Crippen LogP contribution in [0.4, 0.5) is 5.69 Å². The summed E-state index contributed by atoms with van der Waals surface area (Å²) >= 11 is 0. The minimum absolute atomic E-state index is 0.0481. The van der Waals surface area contributed by atoms with Crippen molar-refractivity contribution in [3.63, 3.8) is 0 Å². The summed E-state index contributed by atoms with van der Waals surface area (Å²) in [6, 6.07) is 13.3. The van der Waals surface area contributed by atoms with Crippen LogP contribution in [0.15, 0.2) is 64.5 Å². The van der Waals surface area contributed by atoms with E-state index < -0.39 is 0 Å². The first-order valence-corrected chi connectivity index (χ1v) is 10.6. The largest absolute Gasteiger partial charge is 0.352 e. The lowest BCUT2D eigenvalue weighted by atomic mass is 9.90. The van der Waals surface area contributed by atoms with Gasteiger partial charge < -0.3 is 15.1 Å². The third kappa shape index (κ3) is 4.14. The van der Waals surface area contributed by atoms with Crippen LogP contribution in [0.2, 0.25) is 0 Å². The first kappa shape index (κ1) is 20.9. The van der Waals surface area contributed by atoms with Gasteiger partial charge in [-0.05, 0) is 63.3 Å². The van der Waals surface area contributed by atoms with Crippen LogP contribution in [0.1, 0.15) is 35.3 Å². The summed E-state index contributed by atoms with van der Waals surface area (Å²) in [7, 11) is 4.04. The van der Waals surface area contributed by atoms with Crippen LogP contribution in [0, 0.1) is 0 Å². The molecule has 7 nitrogen and oxygen atoms in total. The summed E-state index contributed by atoms with van der Waals surface area (Å²) in [6.07, 6.45) is 2.46. The molecule has 0 saturated heterocycles. The first-order chi connectivity index (χ1) is 15.0. The zero-order valence-corrected chi connectivity index (χ0v) is 18.1. The van der Waals surface area contributed by atoms with E-state index in [-0.39, 0.29) is 17.9 Å². The highest BCUT2D eigenvalue weighted by Crippen LogP contribution is 2.44. The highest BCUT2D eigenvalue weighted by molar-refractivity contribution is 6.10. The monoisotopic (exact) mass is 417 g/mol. The Balaban J connectivity index is 1.59. The van der Waals surface area contributed by atoms with Crippen molar-refractivity contribution in [2.45, 2.75) is 19.4 Å². The van der Waals surface area contributed by atoms with Gasteiger partial charge in [0.05, 0.1) is 17.5 Å². The fraction of sp³-hybridized carbons (Fsp3) is 0.333. The molecule has 7 heteroatoms. The Bertz CT molecular complexity index is 1070. The number of nitrogens with zero attached hydrogens (tertiary/aromatic N) is 4. The summed E-state index contributed by atoms with van der Waals surface area (Å²) in [6.45, 7) is 4.09. The van der Waals surface area contributed by atoms with Crippen LogP contribution in [0.5, 0.6) is 0 Å². The molecule has 2 aromatic rings. The molecule has 4 rings (SSSR count). The molecule has 0 spiro atoms. The maximum absolute atomic E-state index is 12.8. The van der Waals surface area contributed by atoms with E-state index in [0.29, 0.717) is 24.2 Å². The number of hydrogen-bond acceptors (Lipinski definition) is 5. The quantitative estimate of drug-likeness (QED) is 0.696. The van der Waals surface area contributed by atoms with E-state index in [4.69, 9.17) is 0 Å². The Hall–Kier alpha value is -3.32. The lowest BCUT2D eigenvalue weighted by molar-refractivity contribution is -0.115. The molecule has 0 saturated carbocycles. The maximum Gasteiger partial charge on any atom is 0.258 e. The molecule has 0 radical (unpaired) electrons. The topological polar surface area (TPSA) is 77.4 Å². The Morgan fingerprint density at radius 2 is 1.97 bits per heavy atom. The van der Waals surface area contributed by atoms with Crippen molar-refractivity contribution in [3.05, 3.63) is 65.4 Å². The minimum Gasteiger partial charge on any atom is -0.352 e. The molecule has 1 unspecified atom stereocenters. The van der Waals surface area contributed by atoms with Gasteiger partial charge in [-0.3, -0.25) is 9.59 Å². The molecule has 0 bridgehead atoms. The Morgan fingerprint density at radius 1 is 1.16 bits per heavy atom. The van der Waals surface area contributed by atoms with Gasteiger partial charge >= 0.3 is 0 Å². The van der Waals surface area contributed by atoms with Crippen molar-refractivity contribution in [1.82, 2.24) is 10.2 Å². The van der Waals surface area contributed by atoms with Crippen LogP contribution in [0.25, 0.3) is 11.1 Å². The maximum atomic E-state index is 12.8. The van der Waals surface area contributed by atoms with Gasteiger partial charge in [-0.15, -0.1) is 0 Å². The molecule has 1 atom stereocenters. The molecular weight excluding hydrogens is 390 g/mol. The second kappa shape index (κ2) is 8.81. The first-order valence-electron chi connectivity index (χ1n) is 10.6. The van der Waals surface area contributed by atoms with Crippen LogP contribution in [0.3, 0.4) is 0 Å². The van der Waals surface area contributed by atoms with E-state index in [0.717, 1.165) is 35.3 Å². The van der Waals surface area contributed by atoms with Crippen molar-refractivity contribution in [2.75, 3.05) is 38.6 Å². The molecular formula is C24H27N5O2. The fourth-order valence-electron chi connectivity index (χ4n) is 4.00. The number of fused-ring (bicyclic) bond motifs is 3. The van der Waals surface area contributed by atoms with Gasteiger partial charge in [0, 0.05) is 24.2 Å². The summed E-state index contributed by atoms with van der Waals surface area (Å²) in [4.78, 5) is 29.3. The smallest absolute Gasteiger partial charge is 0.258 e. The molecule has 2 heterocycles. The second-order valence-corrected chi connectivity index (χ2v) is 8.03. The summed E-state index contributed by atoms with van der Waals surface area (Å²) in [5, 5.41) is 11.2. The van der Waals surface area contributed by atoms with Gasteiger partial charge in [-0.25, -0.2) is 0 Å². The summed E-state index contributed by atoms with van der Waals surface area (Å²) in [5.41, 5.74) is 4.96. The lowest BCUT2D eigenvalue weighted by Crippen LogP contribution is -2.37. The molecule has 31 heavy (non-hydrogen) atoms. The van der Waals surface area contributed by atoms with E-state index in [1.807, 2.05) is 63.5 Å². The number of likely N-dealkylation sites (N-methyl/N-ethyl adjacent to an activating group) is 1. The minimum atomic E-state index is -0.321. The third-order valence-corrected chi connectivity index (χ3v) is 5.62. The third-order valence-electron chi connectivity index (χ3n) is 5.62. The zero-order valence-electron chi connectivity index (χ0n) is 18.1. The number of nitrogens with one attached hydrogen (secondary N) is 1. The molecule has 1 N–H and O–H groups in total. The van der Waals surface area contributed by atoms with Crippen LogP contribution in [-0.2, 0) is 4.79 Å². The standard InChI is InChI=1S/C24H27N5O2/c1-4-29-21-14-17(9-10-19(21)22-20(24(29)31)15-26-27-22)16-7-5-8-18(13-16)23(30)25-11-6-12-28(2)3/h5,7-10,13-15,22H,4,6,11-12H2,1-3H3,(H,25,30). The summed E-state index contributed by atoms with van der Waals surface area (Å²) in [5.74, 6) is -0.127. The molecule has 0 aromatic heterocycles. The zero-order chi connectivity index (χ0) is 22.0. The van der Waals surface area contributed by atoms with E-state index >= 15 is 0 Å². The van der Waals surface area contributed by atoms with E-state index in [2.05, 4.69) is 20.4 Å². The van der Waals surface area contributed by atoms with Gasteiger partial charge in [0.15, 0.2) is 0 Å². The Kier molecular flexibility index (Phi) is 5.95. The molecule has 0 aliphatic carbocycles. The van der Waals surface area contributed by atoms with Crippen molar-refractivity contribution in [2.24, 2.45) is 10.2 Å². The van der Waals surface area contributed by atoms with Gasteiger partial charge in [0.2, 0.25) is 0 Å². The second-order valence-electron chi connectivity index (χ2n) is 8.03. The number of anilines is 1. The SMILES string of the molecule is CCN1C(=O)C2=CN=NC2c2ccc(-c3cccc(C(=O)NCCCN(C)C)c3)cc21. The number of hydrogen-bond donors (Lipinski definition) is 1. The van der Waals surface area contributed by atoms with E-state index in [1.165, 1.54) is 0 Å². The normalized spacial score (nSPS) is 16.9. The number of azo groups is 1. The number of carbonyl (C=O) groups excluding carboxylic acids is 2. The van der Waals surface area contributed by atoms with Crippen LogP contribution in [-0.4, -0.2) is 50.4 Å². The highest BCUT2D eigenvalue weighted by Gasteiger charge is 2.37. The van der Waals surface area contributed by atoms with Crippen molar-refractivity contribution in [1.29, 1.82) is 0 Å². The number of amides is 2. The number of carbonyl (C=O) groups is 2. The summed E-state index contributed by atoms with van der Waals surface area (Å²) < 4.78 is 0. The average Bonchev–Trinajstić information content (AvgIpc) is 3.27.